The third kappa shape index (κ3) is 5.50. The van der Waals surface area contributed by atoms with Crippen molar-refractivity contribution < 1.29 is 24.9 Å². The van der Waals surface area contributed by atoms with Crippen LogP contribution in [0.15, 0.2) is 40.4 Å². The van der Waals surface area contributed by atoms with Crippen LogP contribution in [-0.2, 0) is 26.9 Å². The molecule has 13 heteroatoms. The zero-order chi connectivity index (χ0) is 27.4. The van der Waals surface area contributed by atoms with Crippen molar-refractivity contribution in [3.05, 3.63) is 73.8 Å². The van der Waals surface area contributed by atoms with Crippen molar-refractivity contribution in [1.29, 1.82) is 0 Å². The Kier molecular flexibility index (Phi) is 7.76. The average molecular weight is 511 g/mol. The minimum absolute atomic E-state index is 0.237. The van der Waals surface area contributed by atoms with E-state index in [0.29, 0.717) is 35.4 Å². The normalized spacial score (nSPS) is 10.6. The Morgan fingerprint density at radius 1 is 0.865 bits per heavy atom. The molecular weight excluding hydrogens is 484 g/mol. The quantitative estimate of drug-likeness (QED) is 0.257. The molecule has 37 heavy (non-hydrogen) atoms. The largest absolute Gasteiger partial charge is 0.506 e. The van der Waals surface area contributed by atoms with Crippen LogP contribution in [0.2, 0.25) is 0 Å². The average Bonchev–Trinajstić information content (AvgIpc) is 3.46. The van der Waals surface area contributed by atoms with Gasteiger partial charge >= 0.3 is 11.9 Å². The van der Waals surface area contributed by atoms with Crippen LogP contribution in [0.1, 0.15) is 45.7 Å². The molecule has 13 nitrogen and oxygen atoms in total. The molecule has 0 aliphatic carbocycles. The fraction of sp³-hybridized carbons (Fsp3) is 0.250. The highest BCUT2D eigenvalue weighted by Gasteiger charge is 2.22. The Balaban J connectivity index is 0.000000206. The Hall–Kier alpha value is -4.94. The van der Waals surface area contributed by atoms with Gasteiger partial charge < -0.3 is 25.3 Å². The fourth-order valence-corrected chi connectivity index (χ4v) is 3.79. The number of H-pyrrole nitrogens is 2. The summed E-state index contributed by atoms with van der Waals surface area (Å²) in [5.41, 5.74) is 1.25. The van der Waals surface area contributed by atoms with Crippen molar-refractivity contribution >= 4 is 11.9 Å². The summed E-state index contributed by atoms with van der Waals surface area (Å²) in [6.07, 6.45) is 7.61. The highest BCUT2D eigenvalue weighted by atomic mass is 16.4. The Labute approximate surface area is 209 Å². The molecule has 0 saturated heterocycles. The van der Waals surface area contributed by atoms with Crippen LogP contribution in [0.5, 0.6) is 5.75 Å². The maximum atomic E-state index is 11.7. The van der Waals surface area contributed by atoms with Crippen molar-refractivity contribution in [2.75, 3.05) is 0 Å². The van der Waals surface area contributed by atoms with Gasteiger partial charge in [-0.1, -0.05) is 13.8 Å². The molecule has 4 rings (SSSR count). The standard InChI is InChI=1S/C12H13N3O4.C12H13N3O3/c1-3-7-9(6-4-13-15(2)5-6)14-11(17)8(10(7)16)12(18)19;1-3-7-4-9(12(17)18)11(16)14-10(7)8-5-13-15(2)6-8/h4-5H,3H2,1-2H3,(H,18,19)(H2,14,16,17);4-6H,3H2,1-2H3,(H,14,16)(H,17,18). The number of carboxylic acids is 2. The van der Waals surface area contributed by atoms with Gasteiger partial charge in [0.05, 0.1) is 23.8 Å². The predicted molar refractivity (Wildman–Crippen MR) is 133 cm³/mol. The zero-order valence-electron chi connectivity index (χ0n) is 20.6. The van der Waals surface area contributed by atoms with Crippen molar-refractivity contribution in [1.82, 2.24) is 29.5 Å². The summed E-state index contributed by atoms with van der Waals surface area (Å²) in [7, 11) is 3.50. The number of carbonyl (C=O) groups is 2. The lowest BCUT2D eigenvalue weighted by atomic mass is 10.0. The van der Waals surface area contributed by atoms with Crippen LogP contribution in [0, 0.1) is 0 Å². The van der Waals surface area contributed by atoms with E-state index in [-0.39, 0.29) is 5.56 Å². The molecule has 0 radical (unpaired) electrons. The van der Waals surface area contributed by atoms with Gasteiger partial charge in [-0.2, -0.15) is 10.2 Å². The third-order valence-corrected chi connectivity index (χ3v) is 5.58. The molecule has 0 fully saturated rings. The number of nitrogens with one attached hydrogen (secondary N) is 2. The highest BCUT2D eigenvalue weighted by molar-refractivity contribution is 5.92. The van der Waals surface area contributed by atoms with E-state index in [1.807, 2.05) is 6.92 Å². The lowest BCUT2D eigenvalue weighted by Gasteiger charge is -2.10. The van der Waals surface area contributed by atoms with E-state index in [9.17, 15) is 24.3 Å². The van der Waals surface area contributed by atoms with Crippen LogP contribution >= 0.6 is 0 Å². The molecule has 0 atom stereocenters. The summed E-state index contributed by atoms with van der Waals surface area (Å²) in [4.78, 5) is 50.4. The van der Waals surface area contributed by atoms with Gasteiger partial charge in [-0.25, -0.2) is 9.59 Å². The Morgan fingerprint density at radius 2 is 1.41 bits per heavy atom. The molecule has 194 valence electrons. The molecule has 4 aromatic rings. The van der Waals surface area contributed by atoms with Crippen LogP contribution in [0.4, 0.5) is 0 Å². The molecule has 4 heterocycles. The summed E-state index contributed by atoms with van der Waals surface area (Å²) in [5, 5.41) is 35.8. The van der Waals surface area contributed by atoms with Gasteiger partial charge in [0.1, 0.15) is 11.3 Å². The van der Waals surface area contributed by atoms with Crippen LogP contribution in [0.25, 0.3) is 22.5 Å². The van der Waals surface area contributed by atoms with E-state index in [2.05, 4.69) is 20.2 Å². The lowest BCUT2D eigenvalue weighted by molar-refractivity contribution is 0.0682. The molecule has 4 aromatic heterocycles. The molecule has 0 amide bonds. The first-order valence-corrected chi connectivity index (χ1v) is 11.2. The molecular formula is C24H26N6O7. The van der Waals surface area contributed by atoms with Gasteiger partial charge in [-0.05, 0) is 24.5 Å². The van der Waals surface area contributed by atoms with Crippen molar-refractivity contribution in [2.45, 2.75) is 26.7 Å². The maximum Gasteiger partial charge on any atom is 0.345 e. The van der Waals surface area contributed by atoms with Gasteiger partial charge in [0.2, 0.25) is 0 Å². The summed E-state index contributed by atoms with van der Waals surface area (Å²) in [6, 6.07) is 1.42. The topological polar surface area (TPSA) is 196 Å². The first-order valence-electron chi connectivity index (χ1n) is 11.2. The first-order chi connectivity index (χ1) is 17.5. The van der Waals surface area contributed by atoms with E-state index in [1.165, 1.54) is 12.3 Å². The van der Waals surface area contributed by atoms with Crippen LogP contribution < -0.4 is 11.1 Å². The van der Waals surface area contributed by atoms with Gasteiger partial charge in [-0.15, -0.1) is 0 Å². The summed E-state index contributed by atoms with van der Waals surface area (Å²) in [6.45, 7) is 3.66. The number of hydrogen-bond donors (Lipinski definition) is 5. The smallest absolute Gasteiger partial charge is 0.345 e. The summed E-state index contributed by atoms with van der Waals surface area (Å²) < 4.78 is 3.17. The number of carboxylic acid groups (broad SMARTS) is 2. The third-order valence-electron chi connectivity index (χ3n) is 5.58. The number of aryl methyl sites for hydroxylation is 3. The predicted octanol–water partition coefficient (Wildman–Crippen LogP) is 1.78. The number of rotatable bonds is 6. The molecule has 0 bridgehead atoms. The lowest BCUT2D eigenvalue weighted by Crippen LogP contribution is -2.19. The number of aromatic nitrogens is 6. The van der Waals surface area contributed by atoms with Gasteiger partial charge in [0.15, 0.2) is 5.56 Å². The van der Waals surface area contributed by atoms with Gasteiger partial charge in [0, 0.05) is 43.2 Å². The number of hydrogen-bond acceptors (Lipinski definition) is 7. The van der Waals surface area contributed by atoms with E-state index in [0.717, 1.165) is 11.1 Å². The van der Waals surface area contributed by atoms with Crippen LogP contribution in [0.3, 0.4) is 0 Å². The van der Waals surface area contributed by atoms with Crippen LogP contribution in [-0.4, -0.2) is 56.8 Å². The van der Waals surface area contributed by atoms with E-state index >= 15 is 0 Å². The number of nitrogens with zero attached hydrogens (tertiary/aromatic N) is 4. The minimum Gasteiger partial charge on any atom is -0.506 e. The second kappa shape index (κ2) is 10.8. The van der Waals surface area contributed by atoms with Gasteiger partial charge in [-0.3, -0.25) is 19.0 Å². The van der Waals surface area contributed by atoms with Crippen molar-refractivity contribution in [3.63, 3.8) is 0 Å². The Morgan fingerprint density at radius 3 is 1.84 bits per heavy atom. The van der Waals surface area contributed by atoms with E-state index < -0.39 is 34.4 Å². The molecule has 0 aliphatic rings. The molecule has 0 aromatic carbocycles. The second-order valence-corrected chi connectivity index (χ2v) is 8.07. The maximum absolute atomic E-state index is 11.7. The zero-order valence-corrected chi connectivity index (χ0v) is 20.6. The minimum atomic E-state index is -1.45. The molecule has 0 saturated carbocycles. The number of aromatic amines is 2. The molecule has 0 spiro atoms. The van der Waals surface area contributed by atoms with E-state index in [1.54, 1.807) is 49.0 Å². The number of aromatic hydroxyl groups is 1. The van der Waals surface area contributed by atoms with Crippen molar-refractivity contribution in [2.24, 2.45) is 14.1 Å². The number of aromatic carboxylic acids is 2. The molecule has 0 aliphatic heterocycles. The monoisotopic (exact) mass is 510 g/mol. The van der Waals surface area contributed by atoms with Crippen molar-refractivity contribution in [3.8, 4) is 28.3 Å². The van der Waals surface area contributed by atoms with E-state index in [4.69, 9.17) is 10.2 Å². The summed E-state index contributed by atoms with van der Waals surface area (Å²) in [5.74, 6) is -3.16. The number of pyridine rings is 2. The highest BCUT2D eigenvalue weighted by Crippen LogP contribution is 2.29. The Bertz CT molecular complexity index is 1590. The summed E-state index contributed by atoms with van der Waals surface area (Å²) >= 11 is 0. The SMILES string of the molecule is CCc1c(-c2cnn(C)c2)[nH]c(=O)c(C(=O)O)c1O.CCc1cc(C(=O)O)c(=O)[nH]c1-c1cnn(C)c1. The second-order valence-electron chi connectivity index (χ2n) is 8.07. The van der Waals surface area contributed by atoms with Gasteiger partial charge in [0.25, 0.3) is 11.1 Å². The first kappa shape index (κ1) is 26.7. The molecule has 5 N–H and O–H groups in total. The molecule has 0 unspecified atom stereocenters. The fourth-order valence-electron chi connectivity index (χ4n) is 3.79.